The van der Waals surface area contributed by atoms with E-state index in [1.165, 1.54) is 4.68 Å². The maximum absolute atomic E-state index is 12.9. The standard InChI is InChI=1S/C20H21N5O2S/c1-2-3-6-9-25-19(27)16-8-5-4-7-15(16)17(23-25)18(26)21-12-14-13-24-10-11-28-20(24)22-14/h4-5,7-8,10-11,13H,2-3,6,9,12H2,1H3,(H,21,26). The molecule has 0 bridgehead atoms. The molecule has 28 heavy (non-hydrogen) atoms. The number of aromatic nitrogens is 4. The predicted octanol–water partition coefficient (Wildman–Crippen LogP) is 3.23. The fourth-order valence-corrected chi connectivity index (χ4v) is 3.90. The molecule has 0 unspecified atom stereocenters. The molecule has 7 nitrogen and oxygen atoms in total. The summed E-state index contributed by atoms with van der Waals surface area (Å²) in [5.74, 6) is -0.309. The van der Waals surface area contributed by atoms with Gasteiger partial charge in [-0.2, -0.15) is 5.10 Å². The number of nitrogens with zero attached hydrogens (tertiary/aromatic N) is 4. The zero-order valence-corrected chi connectivity index (χ0v) is 16.4. The van der Waals surface area contributed by atoms with Gasteiger partial charge in [-0.1, -0.05) is 38.0 Å². The maximum atomic E-state index is 12.9. The number of thiazole rings is 1. The van der Waals surface area contributed by atoms with E-state index in [2.05, 4.69) is 22.3 Å². The molecule has 3 aromatic heterocycles. The summed E-state index contributed by atoms with van der Waals surface area (Å²) in [6.07, 6.45) is 6.74. The van der Waals surface area contributed by atoms with Gasteiger partial charge in [0.2, 0.25) is 0 Å². The Labute approximate surface area is 165 Å². The van der Waals surface area contributed by atoms with Gasteiger partial charge in [0.25, 0.3) is 11.5 Å². The summed E-state index contributed by atoms with van der Waals surface area (Å²) in [5, 5.41) is 10.3. The van der Waals surface area contributed by atoms with Crippen LogP contribution in [0.15, 0.2) is 46.8 Å². The molecule has 1 N–H and O–H groups in total. The Balaban J connectivity index is 1.61. The first-order chi connectivity index (χ1) is 13.7. The number of benzene rings is 1. The third-order valence-corrected chi connectivity index (χ3v) is 5.40. The maximum Gasteiger partial charge on any atom is 0.274 e. The molecule has 0 aliphatic heterocycles. The van der Waals surface area contributed by atoms with E-state index >= 15 is 0 Å². The van der Waals surface area contributed by atoms with E-state index in [4.69, 9.17) is 0 Å². The number of carbonyl (C=O) groups is 1. The van der Waals surface area contributed by atoms with Gasteiger partial charge in [-0.05, 0) is 12.5 Å². The highest BCUT2D eigenvalue weighted by Crippen LogP contribution is 2.15. The molecule has 0 spiro atoms. The molecule has 0 saturated heterocycles. The van der Waals surface area contributed by atoms with Crippen molar-refractivity contribution < 1.29 is 4.79 Å². The Morgan fingerprint density at radius 3 is 2.82 bits per heavy atom. The summed E-state index contributed by atoms with van der Waals surface area (Å²) in [7, 11) is 0. The fraction of sp³-hybridized carbons (Fsp3) is 0.300. The lowest BCUT2D eigenvalue weighted by atomic mass is 10.1. The van der Waals surface area contributed by atoms with Crippen LogP contribution >= 0.6 is 11.3 Å². The van der Waals surface area contributed by atoms with Crippen LogP contribution in [0.2, 0.25) is 0 Å². The first kappa shape index (κ1) is 18.4. The van der Waals surface area contributed by atoms with Crippen molar-refractivity contribution in [3.05, 3.63) is 63.8 Å². The minimum Gasteiger partial charge on any atom is -0.345 e. The van der Waals surface area contributed by atoms with Crippen molar-refractivity contribution in [3.8, 4) is 0 Å². The van der Waals surface area contributed by atoms with Crippen LogP contribution in [0.5, 0.6) is 0 Å². The molecule has 0 aliphatic rings. The molecule has 144 valence electrons. The molecule has 1 amide bonds. The van der Waals surface area contributed by atoms with E-state index in [0.29, 0.717) is 23.9 Å². The van der Waals surface area contributed by atoms with Crippen LogP contribution in [0, 0.1) is 0 Å². The lowest BCUT2D eigenvalue weighted by Crippen LogP contribution is -2.30. The topological polar surface area (TPSA) is 81.3 Å². The number of aryl methyl sites for hydroxylation is 1. The van der Waals surface area contributed by atoms with Gasteiger partial charge >= 0.3 is 0 Å². The summed E-state index contributed by atoms with van der Waals surface area (Å²) >= 11 is 1.54. The summed E-state index contributed by atoms with van der Waals surface area (Å²) in [5.41, 5.74) is 0.895. The smallest absolute Gasteiger partial charge is 0.274 e. The molecule has 0 saturated carbocycles. The number of hydrogen-bond donors (Lipinski definition) is 1. The van der Waals surface area contributed by atoms with E-state index in [0.717, 1.165) is 29.9 Å². The summed E-state index contributed by atoms with van der Waals surface area (Å²) in [6, 6.07) is 7.13. The number of carbonyl (C=O) groups excluding carboxylic acids is 1. The van der Waals surface area contributed by atoms with Crippen molar-refractivity contribution in [1.82, 2.24) is 24.5 Å². The quantitative estimate of drug-likeness (QED) is 0.487. The second-order valence-electron chi connectivity index (χ2n) is 6.64. The van der Waals surface area contributed by atoms with Crippen LogP contribution in [0.25, 0.3) is 15.7 Å². The summed E-state index contributed by atoms with van der Waals surface area (Å²) in [6.45, 7) is 2.92. The van der Waals surface area contributed by atoms with Crippen molar-refractivity contribution in [1.29, 1.82) is 0 Å². The highest BCUT2D eigenvalue weighted by atomic mass is 32.1. The Morgan fingerprint density at radius 1 is 1.21 bits per heavy atom. The molecular formula is C20H21N5O2S. The van der Waals surface area contributed by atoms with E-state index in [9.17, 15) is 9.59 Å². The third kappa shape index (κ3) is 3.55. The number of unbranched alkanes of at least 4 members (excludes halogenated alkanes) is 2. The SMILES string of the molecule is CCCCCn1nc(C(=O)NCc2cn3ccsc3n2)c2ccccc2c1=O. The zero-order valence-electron chi connectivity index (χ0n) is 15.6. The minimum absolute atomic E-state index is 0.155. The van der Waals surface area contributed by atoms with Gasteiger partial charge < -0.3 is 5.32 Å². The average Bonchev–Trinajstić information content (AvgIpc) is 3.30. The lowest BCUT2D eigenvalue weighted by Gasteiger charge is -2.11. The number of fused-ring (bicyclic) bond motifs is 2. The first-order valence-corrected chi connectivity index (χ1v) is 10.2. The van der Waals surface area contributed by atoms with Crippen molar-refractivity contribution in [2.45, 2.75) is 39.3 Å². The molecular weight excluding hydrogens is 374 g/mol. The first-order valence-electron chi connectivity index (χ1n) is 9.36. The Morgan fingerprint density at radius 2 is 2.04 bits per heavy atom. The fourth-order valence-electron chi connectivity index (χ4n) is 3.18. The molecule has 0 atom stereocenters. The molecule has 4 rings (SSSR count). The molecule has 0 radical (unpaired) electrons. The van der Waals surface area contributed by atoms with Crippen molar-refractivity contribution in [2.24, 2.45) is 0 Å². The van der Waals surface area contributed by atoms with E-state index in [1.807, 2.05) is 28.2 Å². The minimum atomic E-state index is -0.309. The van der Waals surface area contributed by atoms with Gasteiger partial charge in [-0.15, -0.1) is 11.3 Å². The van der Waals surface area contributed by atoms with Crippen molar-refractivity contribution >= 4 is 33.0 Å². The Kier molecular flexibility index (Phi) is 5.21. The van der Waals surface area contributed by atoms with Crippen LogP contribution in [-0.2, 0) is 13.1 Å². The normalized spacial score (nSPS) is 11.3. The van der Waals surface area contributed by atoms with Gasteiger partial charge in [0, 0.05) is 29.7 Å². The molecule has 0 aliphatic carbocycles. The second kappa shape index (κ2) is 7.93. The summed E-state index contributed by atoms with van der Waals surface area (Å²) < 4.78 is 3.34. The lowest BCUT2D eigenvalue weighted by molar-refractivity contribution is 0.0945. The highest BCUT2D eigenvalue weighted by Gasteiger charge is 2.17. The average molecular weight is 395 g/mol. The second-order valence-corrected chi connectivity index (χ2v) is 7.51. The summed E-state index contributed by atoms with van der Waals surface area (Å²) in [4.78, 5) is 30.9. The highest BCUT2D eigenvalue weighted by molar-refractivity contribution is 7.15. The molecule has 8 heteroatoms. The Hall–Kier alpha value is -3.00. The van der Waals surface area contributed by atoms with E-state index < -0.39 is 0 Å². The Bertz CT molecular complexity index is 1160. The predicted molar refractivity (Wildman–Crippen MR) is 110 cm³/mol. The molecule has 1 aromatic carbocycles. The molecule has 0 fully saturated rings. The zero-order chi connectivity index (χ0) is 19.5. The van der Waals surface area contributed by atoms with Crippen molar-refractivity contribution in [3.63, 3.8) is 0 Å². The van der Waals surface area contributed by atoms with Gasteiger partial charge in [-0.3, -0.25) is 14.0 Å². The number of nitrogens with one attached hydrogen (secondary N) is 1. The van der Waals surface area contributed by atoms with Gasteiger partial charge in [-0.25, -0.2) is 9.67 Å². The van der Waals surface area contributed by atoms with Crippen LogP contribution < -0.4 is 10.9 Å². The van der Waals surface area contributed by atoms with Gasteiger partial charge in [0.15, 0.2) is 10.7 Å². The van der Waals surface area contributed by atoms with Crippen LogP contribution in [0.4, 0.5) is 0 Å². The van der Waals surface area contributed by atoms with E-state index in [-0.39, 0.29) is 17.2 Å². The van der Waals surface area contributed by atoms with Gasteiger partial charge in [0.05, 0.1) is 17.6 Å². The monoisotopic (exact) mass is 395 g/mol. The number of rotatable bonds is 7. The third-order valence-electron chi connectivity index (χ3n) is 4.63. The van der Waals surface area contributed by atoms with Gasteiger partial charge in [0.1, 0.15) is 0 Å². The largest absolute Gasteiger partial charge is 0.345 e. The molecule has 3 heterocycles. The number of amides is 1. The number of imidazole rings is 1. The number of hydrogen-bond acceptors (Lipinski definition) is 5. The van der Waals surface area contributed by atoms with Crippen LogP contribution in [0.3, 0.4) is 0 Å². The van der Waals surface area contributed by atoms with E-state index in [1.54, 1.807) is 29.5 Å². The van der Waals surface area contributed by atoms with Crippen LogP contribution in [0.1, 0.15) is 42.4 Å². The van der Waals surface area contributed by atoms with Crippen molar-refractivity contribution in [2.75, 3.05) is 0 Å². The molecule has 4 aromatic rings. The van der Waals surface area contributed by atoms with Crippen LogP contribution in [-0.4, -0.2) is 25.1 Å².